The van der Waals surface area contributed by atoms with Crippen LogP contribution in [0.3, 0.4) is 0 Å². The molecular formula is C18H19FN2O5S3. The van der Waals surface area contributed by atoms with Crippen LogP contribution in [-0.4, -0.2) is 45.8 Å². The number of anilines is 2. The molecule has 2 N–H and O–H groups in total. The lowest BCUT2D eigenvalue weighted by atomic mass is 10.2. The van der Waals surface area contributed by atoms with Crippen LogP contribution in [0.2, 0.25) is 0 Å². The third kappa shape index (κ3) is 5.94. The van der Waals surface area contributed by atoms with Gasteiger partial charge in [0.05, 0.1) is 29.0 Å². The molecule has 2 aromatic carbocycles. The van der Waals surface area contributed by atoms with Gasteiger partial charge < -0.3 is 5.32 Å². The first-order valence-corrected chi connectivity index (χ1v) is 13.2. The van der Waals surface area contributed by atoms with Gasteiger partial charge in [0.1, 0.15) is 5.82 Å². The van der Waals surface area contributed by atoms with Gasteiger partial charge in [-0.15, -0.1) is 11.8 Å². The van der Waals surface area contributed by atoms with Gasteiger partial charge >= 0.3 is 0 Å². The first-order chi connectivity index (χ1) is 13.5. The highest BCUT2D eigenvalue weighted by Gasteiger charge is 2.29. The highest BCUT2D eigenvalue weighted by atomic mass is 32.2. The average Bonchev–Trinajstić information content (AvgIpc) is 2.95. The molecule has 3 rings (SSSR count). The predicted molar refractivity (Wildman–Crippen MR) is 112 cm³/mol. The van der Waals surface area contributed by atoms with Crippen molar-refractivity contribution in [1.82, 2.24) is 0 Å². The molecule has 0 saturated carbocycles. The van der Waals surface area contributed by atoms with Gasteiger partial charge in [-0.1, -0.05) is 12.1 Å². The SMILES string of the molecule is CS(=O)(=O)Nc1cc(NC(=O)c2ccccc2SC2CCS(=O)(=O)C2)ccc1F. The molecule has 1 fully saturated rings. The summed E-state index contributed by atoms with van der Waals surface area (Å²) in [7, 11) is -6.72. The summed E-state index contributed by atoms with van der Waals surface area (Å²) in [5, 5.41) is 2.50. The predicted octanol–water partition coefficient (Wildman–Crippen LogP) is 2.73. The zero-order valence-corrected chi connectivity index (χ0v) is 17.8. The summed E-state index contributed by atoms with van der Waals surface area (Å²) in [6, 6.07) is 10.4. The van der Waals surface area contributed by atoms with Gasteiger partial charge in [-0.3, -0.25) is 9.52 Å². The standard InChI is InChI=1S/C18H19FN2O5S3/c1-28(23,24)21-16-10-12(6-7-15(16)19)20-18(22)14-4-2-3-5-17(14)27-13-8-9-29(25,26)11-13/h2-7,10,13,21H,8-9,11H2,1H3,(H,20,22). The number of carbonyl (C=O) groups is 1. The van der Waals surface area contributed by atoms with Crippen LogP contribution >= 0.6 is 11.8 Å². The molecule has 2 aromatic rings. The van der Waals surface area contributed by atoms with E-state index >= 15 is 0 Å². The number of hydrogen-bond acceptors (Lipinski definition) is 6. The molecule has 1 saturated heterocycles. The smallest absolute Gasteiger partial charge is 0.256 e. The number of benzene rings is 2. The highest BCUT2D eigenvalue weighted by Crippen LogP contribution is 2.33. The molecule has 0 radical (unpaired) electrons. The Morgan fingerprint density at radius 2 is 1.93 bits per heavy atom. The van der Waals surface area contributed by atoms with E-state index in [-0.39, 0.29) is 28.1 Å². The van der Waals surface area contributed by atoms with Crippen molar-refractivity contribution in [2.45, 2.75) is 16.6 Å². The Hall–Kier alpha value is -2.11. The molecule has 156 valence electrons. The van der Waals surface area contributed by atoms with E-state index in [1.54, 1.807) is 24.3 Å². The molecule has 11 heteroatoms. The van der Waals surface area contributed by atoms with Crippen molar-refractivity contribution in [3.8, 4) is 0 Å². The number of sulfone groups is 1. The molecule has 1 aliphatic heterocycles. The summed E-state index contributed by atoms with van der Waals surface area (Å²) >= 11 is 1.34. The molecule has 0 bridgehead atoms. The van der Waals surface area contributed by atoms with Crippen LogP contribution in [0.4, 0.5) is 15.8 Å². The summed E-state index contributed by atoms with van der Waals surface area (Å²) in [6.07, 6.45) is 1.43. The van der Waals surface area contributed by atoms with Crippen molar-refractivity contribution in [3.63, 3.8) is 0 Å². The summed E-state index contributed by atoms with van der Waals surface area (Å²) in [4.78, 5) is 13.4. The summed E-state index contributed by atoms with van der Waals surface area (Å²) in [6.45, 7) is 0. The maximum atomic E-state index is 13.8. The van der Waals surface area contributed by atoms with Crippen LogP contribution in [0, 0.1) is 5.82 Å². The van der Waals surface area contributed by atoms with E-state index in [9.17, 15) is 26.0 Å². The number of carbonyl (C=O) groups excluding carboxylic acids is 1. The maximum absolute atomic E-state index is 13.8. The minimum atomic E-state index is -3.68. The third-order valence-corrected chi connectivity index (χ3v) is 8.05. The zero-order chi connectivity index (χ0) is 21.2. The number of nitrogens with one attached hydrogen (secondary N) is 2. The van der Waals surface area contributed by atoms with Gasteiger partial charge in [-0.05, 0) is 36.8 Å². The summed E-state index contributed by atoms with van der Waals surface area (Å²) in [5.74, 6) is -1.02. The molecule has 1 aliphatic rings. The maximum Gasteiger partial charge on any atom is 0.256 e. The molecule has 0 spiro atoms. The van der Waals surface area contributed by atoms with Crippen LogP contribution in [0.25, 0.3) is 0 Å². The Kier molecular flexibility index (Phi) is 6.20. The minimum Gasteiger partial charge on any atom is -0.322 e. The number of thioether (sulfide) groups is 1. The molecule has 1 unspecified atom stereocenters. The van der Waals surface area contributed by atoms with E-state index in [4.69, 9.17) is 0 Å². The molecule has 7 nitrogen and oxygen atoms in total. The summed E-state index contributed by atoms with van der Waals surface area (Å²) in [5.41, 5.74) is 0.290. The molecular weight excluding hydrogens is 439 g/mol. The lowest BCUT2D eigenvalue weighted by molar-refractivity contribution is 0.102. The molecule has 29 heavy (non-hydrogen) atoms. The van der Waals surface area contributed by atoms with Crippen molar-refractivity contribution >= 4 is 48.9 Å². The van der Waals surface area contributed by atoms with Crippen LogP contribution in [-0.2, 0) is 19.9 Å². The Balaban J connectivity index is 1.79. The fourth-order valence-corrected chi connectivity index (χ4v) is 7.05. The molecule has 1 atom stereocenters. The first kappa shape index (κ1) is 21.6. The van der Waals surface area contributed by atoms with Crippen molar-refractivity contribution in [2.75, 3.05) is 27.8 Å². The summed E-state index contributed by atoms with van der Waals surface area (Å²) < 4.78 is 61.9. The van der Waals surface area contributed by atoms with Crippen molar-refractivity contribution in [3.05, 3.63) is 53.8 Å². The lowest BCUT2D eigenvalue weighted by Gasteiger charge is -2.13. The van der Waals surface area contributed by atoms with E-state index in [2.05, 4.69) is 10.0 Å². The second kappa shape index (κ2) is 8.33. The van der Waals surface area contributed by atoms with Gasteiger partial charge in [-0.25, -0.2) is 21.2 Å². The van der Waals surface area contributed by atoms with Crippen LogP contribution in [0.5, 0.6) is 0 Å². The second-order valence-corrected chi connectivity index (χ2v) is 12.0. The fraction of sp³-hybridized carbons (Fsp3) is 0.278. The number of sulfonamides is 1. The topological polar surface area (TPSA) is 109 Å². The van der Waals surface area contributed by atoms with Crippen molar-refractivity contribution in [1.29, 1.82) is 0 Å². The van der Waals surface area contributed by atoms with E-state index < -0.39 is 31.6 Å². The highest BCUT2D eigenvalue weighted by molar-refractivity contribution is 8.02. The first-order valence-electron chi connectivity index (χ1n) is 8.57. The van der Waals surface area contributed by atoms with Crippen molar-refractivity contribution < 1.29 is 26.0 Å². The number of hydrogen-bond donors (Lipinski definition) is 2. The van der Waals surface area contributed by atoms with E-state index in [1.807, 2.05) is 0 Å². The fourth-order valence-electron chi connectivity index (χ4n) is 2.87. The largest absolute Gasteiger partial charge is 0.322 e. The molecule has 1 heterocycles. The van der Waals surface area contributed by atoms with Gasteiger partial charge in [0.2, 0.25) is 10.0 Å². The Labute approximate surface area is 173 Å². The second-order valence-electron chi connectivity index (χ2n) is 6.66. The average molecular weight is 459 g/mol. The number of amides is 1. The minimum absolute atomic E-state index is 0.0755. The van der Waals surface area contributed by atoms with Crippen molar-refractivity contribution in [2.24, 2.45) is 0 Å². The van der Waals surface area contributed by atoms with Crippen LogP contribution < -0.4 is 10.0 Å². The quantitative estimate of drug-likeness (QED) is 0.689. The Morgan fingerprint density at radius 3 is 2.59 bits per heavy atom. The van der Waals surface area contributed by atoms with Gasteiger partial charge in [0.25, 0.3) is 5.91 Å². The van der Waals surface area contributed by atoms with E-state index in [0.29, 0.717) is 16.9 Å². The normalized spacial score (nSPS) is 18.3. The van der Waals surface area contributed by atoms with Crippen LogP contribution in [0.1, 0.15) is 16.8 Å². The molecule has 1 amide bonds. The van der Waals surface area contributed by atoms with E-state index in [1.165, 1.54) is 23.9 Å². The number of rotatable bonds is 6. The van der Waals surface area contributed by atoms with Gasteiger partial charge in [0, 0.05) is 15.8 Å². The van der Waals surface area contributed by atoms with Gasteiger partial charge in [-0.2, -0.15) is 0 Å². The van der Waals surface area contributed by atoms with E-state index in [0.717, 1.165) is 12.3 Å². The third-order valence-electron chi connectivity index (χ3n) is 4.14. The molecule has 0 aliphatic carbocycles. The molecule has 0 aromatic heterocycles. The monoisotopic (exact) mass is 458 g/mol. The lowest BCUT2D eigenvalue weighted by Crippen LogP contribution is -2.15. The van der Waals surface area contributed by atoms with Gasteiger partial charge in [0.15, 0.2) is 9.84 Å². The zero-order valence-electron chi connectivity index (χ0n) is 15.4. The Bertz CT molecular complexity index is 1150. The Morgan fingerprint density at radius 1 is 1.21 bits per heavy atom. The van der Waals surface area contributed by atoms with Crippen LogP contribution in [0.15, 0.2) is 47.4 Å². The number of halogens is 1.